The Labute approximate surface area is 186 Å². The van der Waals surface area contributed by atoms with Crippen molar-refractivity contribution in [2.24, 2.45) is 0 Å². The summed E-state index contributed by atoms with van der Waals surface area (Å²) < 4.78 is 40.0. The van der Waals surface area contributed by atoms with E-state index in [1.165, 1.54) is 32.4 Å². The summed E-state index contributed by atoms with van der Waals surface area (Å²) in [5.74, 6) is 0.0792. The van der Waals surface area contributed by atoms with Crippen LogP contribution < -0.4 is 19.5 Å². The average Bonchev–Trinajstić information content (AvgIpc) is 3.43. The molecule has 0 atom stereocenters. The van der Waals surface area contributed by atoms with Crippen LogP contribution in [0.2, 0.25) is 10.0 Å². The van der Waals surface area contributed by atoms with E-state index >= 15 is 0 Å². The number of likely N-dealkylation sites (N-methyl/N-ethyl adjacent to an activating group) is 1. The number of sulfonamides is 1. The third-order valence-electron chi connectivity index (χ3n) is 4.35. The zero-order valence-electron chi connectivity index (χ0n) is 15.4. The Morgan fingerprint density at radius 2 is 1.79 bits per heavy atom. The first-order valence-corrected chi connectivity index (χ1v) is 11.4. The molecule has 1 amide bonds. The Balaban J connectivity index is 1.97. The standard InChI is InChI=1S/C18H17BrCl2N2O5S/c1-22-17(24)18(5-6-18)23-29(25,26)15-9-11(3-4-14(15)27-2)28-16-12(20)7-10(19)8-13(16)21/h3-4,7-9,23H,5-6H2,1-2H3,(H,22,24). The molecule has 0 saturated heterocycles. The molecule has 2 aromatic rings. The Morgan fingerprint density at radius 1 is 1.17 bits per heavy atom. The van der Waals surface area contributed by atoms with Gasteiger partial charge in [-0.15, -0.1) is 0 Å². The number of carbonyl (C=O) groups is 1. The molecule has 1 fully saturated rings. The Hall–Kier alpha value is -1.52. The maximum Gasteiger partial charge on any atom is 0.245 e. The van der Waals surface area contributed by atoms with E-state index < -0.39 is 15.6 Å². The summed E-state index contributed by atoms with van der Waals surface area (Å²) in [5.41, 5.74) is -1.15. The van der Waals surface area contributed by atoms with Crippen molar-refractivity contribution in [2.75, 3.05) is 14.2 Å². The highest BCUT2D eigenvalue weighted by Gasteiger charge is 2.52. The summed E-state index contributed by atoms with van der Waals surface area (Å²) in [6.07, 6.45) is 0.822. The summed E-state index contributed by atoms with van der Waals surface area (Å²) in [5, 5.41) is 2.98. The zero-order valence-corrected chi connectivity index (χ0v) is 19.3. The number of hydrogen-bond acceptors (Lipinski definition) is 5. The van der Waals surface area contributed by atoms with Crippen molar-refractivity contribution < 1.29 is 22.7 Å². The predicted octanol–water partition coefficient (Wildman–Crippen LogP) is 4.11. The second kappa shape index (κ2) is 8.31. The van der Waals surface area contributed by atoms with Gasteiger partial charge in [0.05, 0.1) is 17.2 Å². The van der Waals surface area contributed by atoms with Crippen molar-refractivity contribution in [2.45, 2.75) is 23.3 Å². The third-order valence-corrected chi connectivity index (χ3v) is 6.93. The predicted molar refractivity (Wildman–Crippen MR) is 114 cm³/mol. The van der Waals surface area contributed by atoms with Gasteiger partial charge in [0.15, 0.2) is 5.75 Å². The van der Waals surface area contributed by atoms with Crippen molar-refractivity contribution in [3.05, 3.63) is 44.8 Å². The molecule has 0 radical (unpaired) electrons. The molecular formula is C18H17BrCl2N2O5S. The lowest BCUT2D eigenvalue weighted by Gasteiger charge is -2.18. The summed E-state index contributed by atoms with van der Waals surface area (Å²) in [4.78, 5) is 11.9. The molecule has 1 aliphatic rings. The van der Waals surface area contributed by atoms with E-state index in [1.54, 1.807) is 12.1 Å². The fraction of sp³-hybridized carbons (Fsp3) is 0.278. The minimum Gasteiger partial charge on any atom is -0.495 e. The van der Waals surface area contributed by atoms with Crippen molar-refractivity contribution in [1.82, 2.24) is 10.0 Å². The first-order chi connectivity index (χ1) is 13.6. The molecule has 7 nitrogen and oxygen atoms in total. The Kier molecular flexibility index (Phi) is 6.35. The molecule has 0 bridgehead atoms. The summed E-state index contributed by atoms with van der Waals surface area (Å²) in [7, 11) is -1.28. The van der Waals surface area contributed by atoms with Crippen LogP contribution in [-0.4, -0.2) is 34.0 Å². The van der Waals surface area contributed by atoms with Gasteiger partial charge in [0, 0.05) is 17.6 Å². The van der Waals surface area contributed by atoms with Gasteiger partial charge >= 0.3 is 0 Å². The van der Waals surface area contributed by atoms with E-state index in [0.717, 1.165) is 0 Å². The number of benzene rings is 2. The van der Waals surface area contributed by atoms with Crippen LogP contribution in [0.5, 0.6) is 17.2 Å². The number of methoxy groups -OCH3 is 1. The fourth-order valence-corrected chi connectivity index (χ4v) is 5.62. The van der Waals surface area contributed by atoms with Crippen LogP contribution in [0.4, 0.5) is 0 Å². The molecule has 156 valence electrons. The largest absolute Gasteiger partial charge is 0.495 e. The second-order valence-corrected chi connectivity index (χ2v) is 9.76. The van der Waals surface area contributed by atoms with Gasteiger partial charge < -0.3 is 14.8 Å². The van der Waals surface area contributed by atoms with E-state index in [9.17, 15) is 13.2 Å². The van der Waals surface area contributed by atoms with Crippen molar-refractivity contribution >= 4 is 55.1 Å². The maximum atomic E-state index is 13.0. The molecule has 3 rings (SSSR count). The van der Waals surface area contributed by atoms with Crippen LogP contribution >= 0.6 is 39.1 Å². The molecule has 0 aromatic heterocycles. The molecule has 2 N–H and O–H groups in total. The smallest absolute Gasteiger partial charge is 0.245 e. The SMILES string of the molecule is CNC(=O)C1(NS(=O)(=O)c2cc(Oc3c(Cl)cc(Br)cc3Cl)ccc2OC)CC1. The van der Waals surface area contributed by atoms with Crippen LogP contribution in [0.1, 0.15) is 12.8 Å². The van der Waals surface area contributed by atoms with Crippen LogP contribution in [0.3, 0.4) is 0 Å². The average molecular weight is 524 g/mol. The summed E-state index contributed by atoms with van der Waals surface area (Å²) >= 11 is 15.6. The quantitative estimate of drug-likeness (QED) is 0.569. The molecule has 11 heteroatoms. The van der Waals surface area contributed by atoms with Crippen LogP contribution in [0, 0.1) is 0 Å². The number of ether oxygens (including phenoxy) is 2. The van der Waals surface area contributed by atoms with Crippen molar-refractivity contribution in [3.63, 3.8) is 0 Å². The molecule has 1 aliphatic carbocycles. The fourth-order valence-electron chi connectivity index (χ4n) is 2.73. The van der Waals surface area contributed by atoms with Gasteiger partial charge in [-0.2, -0.15) is 4.72 Å². The zero-order chi connectivity index (χ0) is 21.4. The molecule has 2 aromatic carbocycles. The van der Waals surface area contributed by atoms with Gasteiger partial charge in [-0.05, 0) is 37.1 Å². The molecule has 0 aliphatic heterocycles. The number of hydrogen-bond donors (Lipinski definition) is 2. The van der Waals surface area contributed by atoms with Gasteiger partial charge in [0.1, 0.15) is 21.9 Å². The van der Waals surface area contributed by atoms with E-state index in [4.69, 9.17) is 32.7 Å². The lowest BCUT2D eigenvalue weighted by atomic mass is 10.3. The number of amides is 1. The van der Waals surface area contributed by atoms with E-state index in [1.807, 2.05) is 0 Å². The Bertz CT molecular complexity index is 1050. The van der Waals surface area contributed by atoms with E-state index in [-0.39, 0.29) is 38.1 Å². The highest BCUT2D eigenvalue weighted by Crippen LogP contribution is 2.41. The van der Waals surface area contributed by atoms with Crippen LogP contribution in [0.25, 0.3) is 0 Å². The van der Waals surface area contributed by atoms with Gasteiger partial charge in [0.2, 0.25) is 15.9 Å². The molecule has 29 heavy (non-hydrogen) atoms. The van der Waals surface area contributed by atoms with Gasteiger partial charge in [-0.3, -0.25) is 4.79 Å². The normalized spacial score (nSPS) is 14.9. The molecule has 0 unspecified atom stereocenters. The van der Waals surface area contributed by atoms with Gasteiger partial charge in [-0.1, -0.05) is 39.1 Å². The van der Waals surface area contributed by atoms with Crippen LogP contribution in [0.15, 0.2) is 39.7 Å². The molecule has 1 saturated carbocycles. The first-order valence-electron chi connectivity index (χ1n) is 8.38. The monoisotopic (exact) mass is 522 g/mol. The Morgan fingerprint density at radius 3 is 2.31 bits per heavy atom. The lowest BCUT2D eigenvalue weighted by molar-refractivity contribution is -0.123. The first kappa shape index (κ1) is 22.2. The minimum atomic E-state index is -4.08. The number of halogens is 3. The van der Waals surface area contributed by atoms with E-state index in [2.05, 4.69) is 26.0 Å². The molecule has 0 spiro atoms. The highest BCUT2D eigenvalue weighted by atomic mass is 79.9. The van der Waals surface area contributed by atoms with Crippen LogP contribution in [-0.2, 0) is 14.8 Å². The van der Waals surface area contributed by atoms with E-state index in [0.29, 0.717) is 17.3 Å². The summed E-state index contributed by atoms with van der Waals surface area (Å²) in [6, 6.07) is 7.47. The van der Waals surface area contributed by atoms with Gasteiger partial charge in [-0.25, -0.2) is 8.42 Å². The van der Waals surface area contributed by atoms with Crippen molar-refractivity contribution in [3.8, 4) is 17.2 Å². The highest BCUT2D eigenvalue weighted by molar-refractivity contribution is 9.10. The van der Waals surface area contributed by atoms with Gasteiger partial charge in [0.25, 0.3) is 0 Å². The van der Waals surface area contributed by atoms with Crippen molar-refractivity contribution in [1.29, 1.82) is 0 Å². The minimum absolute atomic E-state index is 0.102. The lowest BCUT2D eigenvalue weighted by Crippen LogP contribution is -2.47. The second-order valence-electron chi connectivity index (χ2n) is 6.38. The topological polar surface area (TPSA) is 93.7 Å². The number of rotatable bonds is 7. The summed E-state index contributed by atoms with van der Waals surface area (Å²) in [6.45, 7) is 0. The molecule has 0 heterocycles. The number of carbonyl (C=O) groups excluding carboxylic acids is 1. The number of nitrogens with one attached hydrogen (secondary N) is 2. The third kappa shape index (κ3) is 4.64. The molecular weight excluding hydrogens is 507 g/mol. The maximum absolute atomic E-state index is 13.0.